The number of ether oxygens (including phenoxy) is 1. The van der Waals surface area contributed by atoms with Gasteiger partial charge >= 0.3 is 5.97 Å². The van der Waals surface area contributed by atoms with Gasteiger partial charge in [0, 0.05) is 10.6 Å². The first-order chi connectivity index (χ1) is 12.3. The fourth-order valence-electron chi connectivity index (χ4n) is 2.05. The highest BCUT2D eigenvalue weighted by atomic mass is 32.2. The second-order valence-electron chi connectivity index (χ2n) is 5.29. The number of amides is 1. The van der Waals surface area contributed by atoms with Gasteiger partial charge in [-0.1, -0.05) is 30.0 Å². The molecule has 0 aliphatic heterocycles. The van der Waals surface area contributed by atoms with E-state index in [1.54, 1.807) is 6.07 Å². The second-order valence-corrected chi connectivity index (χ2v) is 6.36. The van der Waals surface area contributed by atoms with Crippen LogP contribution in [0.4, 0.5) is 18.9 Å². The van der Waals surface area contributed by atoms with E-state index in [9.17, 15) is 22.8 Å². The number of benzene rings is 2. The van der Waals surface area contributed by atoms with Crippen LogP contribution in [-0.2, 0) is 20.7 Å². The van der Waals surface area contributed by atoms with Gasteiger partial charge in [0.05, 0.1) is 6.42 Å². The van der Waals surface area contributed by atoms with Crippen molar-refractivity contribution in [2.75, 3.05) is 5.32 Å². The number of anilines is 1. The molecular formula is C18H16F3NO3S. The molecule has 0 unspecified atom stereocenters. The van der Waals surface area contributed by atoms with E-state index in [1.807, 2.05) is 0 Å². The summed E-state index contributed by atoms with van der Waals surface area (Å²) in [7, 11) is 0. The van der Waals surface area contributed by atoms with Crippen molar-refractivity contribution in [3.05, 3.63) is 59.9 Å². The maximum absolute atomic E-state index is 13.5. The summed E-state index contributed by atoms with van der Waals surface area (Å²) in [4.78, 5) is 24.2. The molecule has 0 radical (unpaired) electrons. The zero-order valence-electron chi connectivity index (χ0n) is 13.7. The zero-order valence-corrected chi connectivity index (χ0v) is 14.6. The molecule has 0 saturated carbocycles. The number of carbonyl (C=O) groups excluding carboxylic acids is 2. The monoisotopic (exact) mass is 383 g/mol. The molecule has 0 saturated heterocycles. The summed E-state index contributed by atoms with van der Waals surface area (Å²) in [6.45, 7) is 1.38. The minimum absolute atomic E-state index is 0.178. The summed E-state index contributed by atoms with van der Waals surface area (Å²) in [6.07, 6.45) is -1.38. The third-order valence-electron chi connectivity index (χ3n) is 3.32. The molecule has 138 valence electrons. The van der Waals surface area contributed by atoms with Crippen molar-refractivity contribution >= 4 is 29.3 Å². The lowest BCUT2D eigenvalue weighted by molar-refractivity contribution is -0.152. The Kier molecular flexibility index (Phi) is 7.08. The fourth-order valence-corrected chi connectivity index (χ4v) is 2.55. The van der Waals surface area contributed by atoms with Crippen LogP contribution in [0.15, 0.2) is 53.4 Å². The second kappa shape index (κ2) is 9.28. The number of hydrogen-bond donors (Lipinski definition) is 1. The Morgan fingerprint density at radius 3 is 2.38 bits per heavy atom. The van der Waals surface area contributed by atoms with Gasteiger partial charge in [-0.15, -0.1) is 0 Å². The van der Waals surface area contributed by atoms with Gasteiger partial charge in [-0.25, -0.2) is 4.39 Å². The molecule has 0 aliphatic carbocycles. The normalized spacial score (nSPS) is 11.9. The summed E-state index contributed by atoms with van der Waals surface area (Å²) in [5.74, 6) is -4.37. The molecule has 2 aromatic rings. The first kappa shape index (κ1) is 19.8. The first-order valence-corrected chi connectivity index (χ1v) is 8.51. The van der Waals surface area contributed by atoms with Crippen molar-refractivity contribution in [2.24, 2.45) is 0 Å². The van der Waals surface area contributed by atoms with Crippen molar-refractivity contribution in [2.45, 2.75) is 30.1 Å². The lowest BCUT2D eigenvalue weighted by atomic mass is 10.1. The van der Waals surface area contributed by atoms with Crippen LogP contribution in [0.3, 0.4) is 0 Å². The number of alkyl halides is 2. The summed E-state index contributed by atoms with van der Waals surface area (Å²) in [5.41, 5.74) is 0.558. The minimum atomic E-state index is -2.52. The number of nitrogens with one attached hydrogen (secondary N) is 1. The zero-order chi connectivity index (χ0) is 19.1. The third-order valence-corrected chi connectivity index (χ3v) is 4.04. The van der Waals surface area contributed by atoms with E-state index in [4.69, 9.17) is 4.74 Å². The number of hydrogen-bond acceptors (Lipinski definition) is 4. The van der Waals surface area contributed by atoms with E-state index in [-0.39, 0.29) is 12.0 Å². The molecule has 4 nitrogen and oxygen atoms in total. The Bertz CT molecular complexity index is 769. The van der Waals surface area contributed by atoms with E-state index in [0.717, 1.165) is 0 Å². The van der Waals surface area contributed by atoms with Crippen LogP contribution in [0, 0.1) is 5.82 Å². The van der Waals surface area contributed by atoms with Crippen LogP contribution in [0.1, 0.15) is 12.5 Å². The predicted molar refractivity (Wildman–Crippen MR) is 92.6 cm³/mol. The Morgan fingerprint density at radius 1 is 1.12 bits per heavy atom. The number of esters is 1. The molecule has 2 rings (SSSR count). The van der Waals surface area contributed by atoms with Crippen molar-refractivity contribution in [3.63, 3.8) is 0 Å². The highest BCUT2D eigenvalue weighted by Crippen LogP contribution is 2.26. The van der Waals surface area contributed by atoms with Gasteiger partial charge in [0.2, 0.25) is 0 Å². The number of thioether (sulfide) groups is 1. The van der Waals surface area contributed by atoms with Gasteiger partial charge < -0.3 is 10.1 Å². The molecule has 26 heavy (non-hydrogen) atoms. The van der Waals surface area contributed by atoms with Crippen molar-refractivity contribution in [1.82, 2.24) is 0 Å². The highest BCUT2D eigenvalue weighted by molar-refractivity contribution is 7.99. The van der Waals surface area contributed by atoms with E-state index >= 15 is 0 Å². The number of rotatable bonds is 7. The lowest BCUT2D eigenvalue weighted by Gasteiger charge is -2.14. The van der Waals surface area contributed by atoms with E-state index < -0.39 is 29.6 Å². The summed E-state index contributed by atoms with van der Waals surface area (Å²) in [5, 5.41) is 2.52. The van der Waals surface area contributed by atoms with Gasteiger partial charge in [-0.2, -0.15) is 8.78 Å². The van der Waals surface area contributed by atoms with Crippen LogP contribution in [0.5, 0.6) is 0 Å². The van der Waals surface area contributed by atoms with Gasteiger partial charge in [0.25, 0.3) is 11.7 Å². The standard InChI is InChI=1S/C18H16F3NO3S/c1-11(25-16(23)10-12-4-2-3-5-15(12)19)17(24)22-13-6-8-14(9-7-13)26-18(20)21/h2-9,11,18H,10H2,1H3,(H,22,24)/t11-/m1/s1. The molecule has 1 amide bonds. The van der Waals surface area contributed by atoms with Crippen LogP contribution in [-0.4, -0.2) is 23.7 Å². The van der Waals surface area contributed by atoms with Crippen LogP contribution in [0.2, 0.25) is 0 Å². The SMILES string of the molecule is C[C@@H](OC(=O)Cc1ccccc1F)C(=O)Nc1ccc(SC(F)F)cc1. The maximum atomic E-state index is 13.5. The van der Waals surface area contributed by atoms with Crippen molar-refractivity contribution in [1.29, 1.82) is 0 Å². The number of carbonyl (C=O) groups is 2. The van der Waals surface area contributed by atoms with E-state index in [0.29, 0.717) is 22.3 Å². The predicted octanol–water partition coefficient (Wildman–Crippen LogP) is 4.25. The topological polar surface area (TPSA) is 55.4 Å². The van der Waals surface area contributed by atoms with Crippen molar-refractivity contribution in [3.8, 4) is 0 Å². The summed E-state index contributed by atoms with van der Waals surface area (Å²) < 4.78 is 43.0. The highest BCUT2D eigenvalue weighted by Gasteiger charge is 2.19. The van der Waals surface area contributed by atoms with Crippen molar-refractivity contribution < 1.29 is 27.5 Å². The summed E-state index contributed by atoms with van der Waals surface area (Å²) in [6, 6.07) is 11.6. The number of halogens is 3. The molecular weight excluding hydrogens is 367 g/mol. The van der Waals surface area contributed by atoms with E-state index in [2.05, 4.69) is 5.32 Å². The Morgan fingerprint density at radius 2 is 1.77 bits per heavy atom. The minimum Gasteiger partial charge on any atom is -0.452 e. The molecule has 1 N–H and O–H groups in total. The van der Waals surface area contributed by atoms with Gasteiger partial charge in [-0.3, -0.25) is 9.59 Å². The molecule has 0 aromatic heterocycles. The average molecular weight is 383 g/mol. The smallest absolute Gasteiger partial charge is 0.311 e. The molecule has 0 spiro atoms. The first-order valence-electron chi connectivity index (χ1n) is 7.64. The molecule has 0 heterocycles. The van der Waals surface area contributed by atoms with Gasteiger partial charge in [0.15, 0.2) is 6.10 Å². The Labute approximate surface area is 152 Å². The largest absolute Gasteiger partial charge is 0.452 e. The van der Waals surface area contributed by atoms with E-state index in [1.165, 1.54) is 49.4 Å². The fraction of sp³-hybridized carbons (Fsp3) is 0.222. The van der Waals surface area contributed by atoms with Gasteiger partial charge in [0.1, 0.15) is 5.82 Å². The van der Waals surface area contributed by atoms with Crippen LogP contribution >= 0.6 is 11.8 Å². The molecule has 0 aliphatic rings. The lowest BCUT2D eigenvalue weighted by Crippen LogP contribution is -2.30. The Hall–Kier alpha value is -2.48. The average Bonchev–Trinajstić information content (AvgIpc) is 2.58. The quantitative estimate of drug-likeness (QED) is 0.574. The third kappa shape index (κ3) is 6.11. The molecule has 0 fully saturated rings. The van der Waals surface area contributed by atoms with Gasteiger partial charge in [-0.05, 0) is 42.8 Å². The Balaban J connectivity index is 1.87. The summed E-state index contributed by atoms with van der Waals surface area (Å²) >= 11 is 0.397. The molecule has 1 atom stereocenters. The molecule has 0 bridgehead atoms. The van der Waals surface area contributed by atoms with Crippen LogP contribution in [0.25, 0.3) is 0 Å². The molecule has 8 heteroatoms. The molecule has 2 aromatic carbocycles. The maximum Gasteiger partial charge on any atom is 0.311 e. The van der Waals surface area contributed by atoms with Crippen LogP contribution < -0.4 is 5.32 Å².